The van der Waals surface area contributed by atoms with Crippen LogP contribution in [-0.4, -0.2) is 24.1 Å². The molecule has 1 aromatic heterocycles. The summed E-state index contributed by atoms with van der Waals surface area (Å²) < 4.78 is 5.24. The van der Waals surface area contributed by atoms with Crippen molar-refractivity contribution in [1.29, 1.82) is 0 Å². The number of carbonyl (C=O) groups excluding carboxylic acids is 2. The molecule has 6 heteroatoms. The van der Waals surface area contributed by atoms with E-state index in [4.69, 9.17) is 9.41 Å². The number of hydrogen-bond donors (Lipinski definition) is 1. The van der Waals surface area contributed by atoms with E-state index >= 15 is 0 Å². The Balaban J connectivity index is 1.62. The molecule has 0 radical (unpaired) electrons. The molecule has 4 rings (SSSR count). The number of aliphatic imine (C=N–C) groups is 1. The lowest BCUT2D eigenvalue weighted by atomic mass is 10.0. The van der Waals surface area contributed by atoms with Gasteiger partial charge in [0.15, 0.2) is 0 Å². The van der Waals surface area contributed by atoms with Crippen molar-refractivity contribution in [2.45, 2.75) is 39.7 Å². The van der Waals surface area contributed by atoms with E-state index in [1.807, 2.05) is 26.0 Å². The van der Waals surface area contributed by atoms with Gasteiger partial charge in [-0.1, -0.05) is 0 Å². The smallest absolute Gasteiger partial charge is 0.240 e. The van der Waals surface area contributed by atoms with Crippen LogP contribution in [0.3, 0.4) is 0 Å². The highest BCUT2D eigenvalue weighted by Crippen LogP contribution is 2.39. The zero-order chi connectivity index (χ0) is 19.0. The Morgan fingerprint density at radius 1 is 1.33 bits per heavy atom. The van der Waals surface area contributed by atoms with E-state index in [1.54, 1.807) is 23.3 Å². The van der Waals surface area contributed by atoms with E-state index < -0.39 is 0 Å². The molecule has 1 saturated carbocycles. The molecule has 1 unspecified atom stereocenters. The SMILES string of the molecule is Cc1cc2c(cc1C)N(CC(=O)NCc1ccco1)C(=O)C1CCCC1=N2. The first-order valence-electron chi connectivity index (χ1n) is 9.32. The van der Waals surface area contributed by atoms with Gasteiger partial charge in [-0.25, -0.2) is 0 Å². The predicted octanol–water partition coefficient (Wildman–Crippen LogP) is 3.43. The van der Waals surface area contributed by atoms with Crippen molar-refractivity contribution in [3.8, 4) is 0 Å². The fourth-order valence-corrected chi connectivity index (χ4v) is 3.74. The van der Waals surface area contributed by atoms with E-state index in [0.717, 1.165) is 47.5 Å². The molecule has 1 aliphatic carbocycles. The fourth-order valence-electron chi connectivity index (χ4n) is 3.74. The van der Waals surface area contributed by atoms with Crippen LogP contribution in [0.1, 0.15) is 36.1 Å². The summed E-state index contributed by atoms with van der Waals surface area (Å²) in [6.45, 7) is 4.33. The Morgan fingerprint density at radius 2 is 2.15 bits per heavy atom. The summed E-state index contributed by atoms with van der Waals surface area (Å²) >= 11 is 0. The third-order valence-corrected chi connectivity index (χ3v) is 5.38. The monoisotopic (exact) mass is 365 g/mol. The number of rotatable bonds is 4. The van der Waals surface area contributed by atoms with Crippen LogP contribution in [0, 0.1) is 19.8 Å². The molecule has 2 aromatic rings. The number of hydrogen-bond acceptors (Lipinski definition) is 4. The third kappa shape index (κ3) is 3.39. The first-order valence-corrected chi connectivity index (χ1v) is 9.32. The second-order valence-corrected chi connectivity index (χ2v) is 7.25. The van der Waals surface area contributed by atoms with Gasteiger partial charge < -0.3 is 14.6 Å². The highest BCUT2D eigenvalue weighted by Gasteiger charge is 2.37. The first kappa shape index (κ1) is 17.5. The van der Waals surface area contributed by atoms with Crippen molar-refractivity contribution in [2.75, 3.05) is 11.4 Å². The lowest BCUT2D eigenvalue weighted by molar-refractivity contribution is -0.124. The molecule has 27 heavy (non-hydrogen) atoms. The average Bonchev–Trinajstić information content (AvgIpc) is 3.30. The lowest BCUT2D eigenvalue weighted by Gasteiger charge is -2.25. The van der Waals surface area contributed by atoms with Crippen LogP contribution in [0.15, 0.2) is 39.9 Å². The minimum absolute atomic E-state index is 0.0195. The molecule has 2 aliphatic rings. The zero-order valence-corrected chi connectivity index (χ0v) is 15.6. The fraction of sp³-hybridized carbons (Fsp3) is 0.381. The van der Waals surface area contributed by atoms with Crippen molar-refractivity contribution < 1.29 is 14.0 Å². The summed E-state index contributed by atoms with van der Waals surface area (Å²) in [6, 6.07) is 7.56. The van der Waals surface area contributed by atoms with Crippen LogP contribution < -0.4 is 10.2 Å². The molecule has 1 atom stereocenters. The van der Waals surface area contributed by atoms with Gasteiger partial charge in [0, 0.05) is 5.71 Å². The van der Waals surface area contributed by atoms with Gasteiger partial charge in [0.05, 0.1) is 30.1 Å². The molecule has 1 N–H and O–H groups in total. The van der Waals surface area contributed by atoms with Crippen LogP contribution in [0.5, 0.6) is 0 Å². The van der Waals surface area contributed by atoms with Gasteiger partial charge in [0.2, 0.25) is 11.8 Å². The van der Waals surface area contributed by atoms with Gasteiger partial charge in [-0.15, -0.1) is 0 Å². The van der Waals surface area contributed by atoms with E-state index in [2.05, 4.69) is 5.32 Å². The number of benzene rings is 1. The molecule has 2 amide bonds. The van der Waals surface area contributed by atoms with Crippen LogP contribution in [0.4, 0.5) is 11.4 Å². The van der Waals surface area contributed by atoms with Crippen molar-refractivity contribution in [2.24, 2.45) is 10.9 Å². The average molecular weight is 365 g/mol. The minimum Gasteiger partial charge on any atom is -0.467 e. The first-order chi connectivity index (χ1) is 13.0. The summed E-state index contributed by atoms with van der Waals surface area (Å²) in [7, 11) is 0. The number of aryl methyl sites for hydroxylation is 2. The maximum absolute atomic E-state index is 13.2. The van der Waals surface area contributed by atoms with Crippen molar-refractivity contribution in [3.05, 3.63) is 47.4 Å². The number of anilines is 1. The Morgan fingerprint density at radius 3 is 2.93 bits per heavy atom. The van der Waals surface area contributed by atoms with E-state index in [-0.39, 0.29) is 24.3 Å². The maximum Gasteiger partial charge on any atom is 0.240 e. The molecule has 1 aliphatic heterocycles. The predicted molar refractivity (Wildman–Crippen MR) is 103 cm³/mol. The number of fused-ring (bicyclic) bond motifs is 2. The summed E-state index contributed by atoms with van der Waals surface area (Å²) in [5, 5.41) is 2.83. The molecular weight excluding hydrogens is 342 g/mol. The van der Waals surface area contributed by atoms with Gasteiger partial charge in [-0.3, -0.25) is 14.6 Å². The summed E-state index contributed by atoms with van der Waals surface area (Å²) in [6.07, 6.45) is 4.18. The van der Waals surface area contributed by atoms with Crippen molar-refractivity contribution >= 4 is 28.9 Å². The van der Waals surface area contributed by atoms with E-state index in [0.29, 0.717) is 12.3 Å². The van der Waals surface area contributed by atoms with Gasteiger partial charge >= 0.3 is 0 Å². The number of nitrogens with zero attached hydrogens (tertiary/aromatic N) is 2. The second kappa shape index (κ2) is 7.02. The Hall–Kier alpha value is -2.89. The van der Waals surface area contributed by atoms with Crippen LogP contribution in [0.2, 0.25) is 0 Å². The molecule has 0 bridgehead atoms. The van der Waals surface area contributed by atoms with Gasteiger partial charge in [0.1, 0.15) is 12.3 Å². The minimum atomic E-state index is -0.217. The molecule has 1 aromatic carbocycles. The lowest BCUT2D eigenvalue weighted by Crippen LogP contribution is -2.43. The summed E-state index contributed by atoms with van der Waals surface area (Å²) in [5.74, 6) is 0.224. The number of furan rings is 1. The second-order valence-electron chi connectivity index (χ2n) is 7.25. The number of nitrogens with one attached hydrogen (secondary N) is 1. The Kier molecular flexibility index (Phi) is 4.56. The highest BCUT2D eigenvalue weighted by atomic mass is 16.3. The van der Waals surface area contributed by atoms with Gasteiger partial charge in [0.25, 0.3) is 0 Å². The molecule has 2 heterocycles. The highest BCUT2D eigenvalue weighted by molar-refractivity contribution is 6.16. The molecule has 0 saturated heterocycles. The molecule has 6 nitrogen and oxygen atoms in total. The number of amides is 2. The number of carbonyl (C=O) groups is 2. The summed E-state index contributed by atoms with van der Waals surface area (Å²) in [4.78, 5) is 32.1. The van der Waals surface area contributed by atoms with Gasteiger partial charge in [-0.05, 0) is 68.5 Å². The maximum atomic E-state index is 13.2. The normalized spacial score (nSPS) is 18.6. The summed E-state index contributed by atoms with van der Waals surface area (Å²) in [5.41, 5.74) is 4.66. The van der Waals surface area contributed by atoms with Gasteiger partial charge in [-0.2, -0.15) is 0 Å². The molecule has 140 valence electrons. The Bertz CT molecular complexity index is 915. The largest absolute Gasteiger partial charge is 0.467 e. The molecule has 1 fully saturated rings. The van der Waals surface area contributed by atoms with Crippen molar-refractivity contribution in [1.82, 2.24) is 5.32 Å². The zero-order valence-electron chi connectivity index (χ0n) is 15.6. The molecular formula is C21H23N3O3. The molecule has 0 spiro atoms. The quantitative estimate of drug-likeness (QED) is 0.902. The van der Waals surface area contributed by atoms with E-state index in [1.165, 1.54) is 0 Å². The van der Waals surface area contributed by atoms with Crippen LogP contribution in [0.25, 0.3) is 0 Å². The topological polar surface area (TPSA) is 74.9 Å². The standard InChI is InChI=1S/C21H23N3O3/c1-13-9-18-19(10-14(13)2)24(21(26)16-6-3-7-17(16)23-18)12-20(25)22-11-15-5-4-8-27-15/h4-5,8-10,16H,3,6-7,11-12H2,1-2H3,(H,22,25). The van der Waals surface area contributed by atoms with Crippen molar-refractivity contribution in [3.63, 3.8) is 0 Å². The third-order valence-electron chi connectivity index (χ3n) is 5.38. The van der Waals surface area contributed by atoms with Crippen LogP contribution >= 0.6 is 0 Å². The Labute approximate surface area is 158 Å². The van der Waals surface area contributed by atoms with E-state index in [9.17, 15) is 9.59 Å². The van der Waals surface area contributed by atoms with Crippen LogP contribution in [-0.2, 0) is 16.1 Å².